The van der Waals surface area contributed by atoms with Gasteiger partial charge in [-0.15, -0.1) is 0 Å². The van der Waals surface area contributed by atoms with Crippen LogP contribution >= 0.6 is 0 Å². The first-order valence-corrected chi connectivity index (χ1v) is 17.8. The molecule has 1 aliphatic heterocycles. The third kappa shape index (κ3) is 3.04. The Hall–Kier alpha value is -3.70. The molecule has 6 rings (SSSR count). The summed E-state index contributed by atoms with van der Waals surface area (Å²) in [6, 6.07) is 32.6. The van der Waals surface area contributed by atoms with E-state index in [4.69, 9.17) is 0 Å². The number of hydrogen-bond donors (Lipinski definition) is 0. The Kier molecular flexibility index (Phi) is 4.71. The van der Waals surface area contributed by atoms with Crippen molar-refractivity contribution < 1.29 is 9.59 Å². The van der Waals surface area contributed by atoms with Crippen LogP contribution in [0.4, 0.5) is 17.1 Å². The van der Waals surface area contributed by atoms with Crippen LogP contribution < -0.4 is 13.7 Å². The van der Waals surface area contributed by atoms with Crippen molar-refractivity contribution in [1.82, 2.24) is 0 Å². The predicted molar refractivity (Wildman–Crippen MR) is 141 cm³/mol. The molecule has 0 bridgehead atoms. The Labute approximate surface area is 201 Å². The third-order valence-electron chi connectivity index (χ3n) is 7.00. The molecule has 0 saturated heterocycles. The van der Waals surface area contributed by atoms with E-state index in [1.54, 1.807) is 30.3 Å². The molecular weight excluding hydrogens is 479 g/mol. The second-order valence-electron chi connectivity index (χ2n) is 9.35. The summed E-state index contributed by atoms with van der Waals surface area (Å²) in [5.41, 5.74) is 5.60. The number of anilines is 3. The zero-order valence-electron chi connectivity index (χ0n) is 19.1. The summed E-state index contributed by atoms with van der Waals surface area (Å²) >= 11 is -2.41. The topological polar surface area (TPSA) is 37.4 Å². The molecule has 0 unspecified atom stereocenters. The fraction of sp³-hybridized carbons (Fsp3) is 0.0667. The number of ketones is 2. The molecule has 164 valence electrons. The molecule has 0 spiro atoms. The van der Waals surface area contributed by atoms with Gasteiger partial charge in [0.1, 0.15) is 0 Å². The maximum absolute atomic E-state index is 12.8. The van der Waals surface area contributed by atoms with E-state index < -0.39 is 13.3 Å². The Morgan fingerprint density at radius 2 is 1.09 bits per heavy atom. The van der Waals surface area contributed by atoms with Crippen LogP contribution in [0, 0.1) is 0 Å². The van der Waals surface area contributed by atoms with Crippen LogP contribution in [0.3, 0.4) is 0 Å². The minimum absolute atomic E-state index is 0.197. The fourth-order valence-electron chi connectivity index (χ4n) is 5.24. The zero-order valence-corrected chi connectivity index (χ0v) is 21.2. The molecule has 4 heteroatoms. The molecule has 1 heterocycles. The van der Waals surface area contributed by atoms with Crippen LogP contribution in [0.25, 0.3) is 6.08 Å². The van der Waals surface area contributed by atoms with E-state index in [2.05, 4.69) is 77.1 Å². The Bertz CT molecular complexity index is 1430. The van der Waals surface area contributed by atoms with Gasteiger partial charge in [-0.2, -0.15) is 0 Å². The van der Waals surface area contributed by atoms with Gasteiger partial charge in [0.25, 0.3) is 0 Å². The van der Waals surface area contributed by atoms with E-state index in [0.717, 1.165) is 11.3 Å². The van der Waals surface area contributed by atoms with E-state index in [1.807, 2.05) is 12.1 Å². The molecule has 0 atom stereocenters. The summed E-state index contributed by atoms with van der Waals surface area (Å²) in [4.78, 5) is 27.9. The van der Waals surface area contributed by atoms with Gasteiger partial charge in [-0.25, -0.2) is 0 Å². The summed E-state index contributed by atoms with van der Waals surface area (Å²) in [5, 5.41) is 0. The molecule has 0 aromatic heterocycles. The van der Waals surface area contributed by atoms with Gasteiger partial charge < -0.3 is 0 Å². The molecule has 4 aromatic carbocycles. The van der Waals surface area contributed by atoms with Gasteiger partial charge in [-0.1, -0.05) is 12.1 Å². The number of carbonyl (C=O) groups excluding carboxylic acids is 2. The molecular formula is C30H23GeNO2. The van der Waals surface area contributed by atoms with Crippen molar-refractivity contribution in [3.8, 4) is 0 Å². The number of hydrogen-bond acceptors (Lipinski definition) is 3. The molecule has 0 radical (unpaired) electrons. The standard InChI is InChI=1S/C30H23GeNO2/c1-31(2)25-11-5-7-13-27(25)32(28-14-8-6-12-26(28)31)21-17-15-20(16-18-21)19-24-29(33)22-9-3-4-10-23(22)30(24)34/h3-19H,1-2H3. The molecule has 4 aromatic rings. The fourth-order valence-corrected chi connectivity index (χ4v) is 11.5. The van der Waals surface area contributed by atoms with Gasteiger partial charge in [-0.05, 0) is 0 Å². The number of para-hydroxylation sites is 2. The van der Waals surface area contributed by atoms with E-state index >= 15 is 0 Å². The van der Waals surface area contributed by atoms with Gasteiger partial charge in [0.05, 0.1) is 0 Å². The first-order valence-electron chi connectivity index (χ1n) is 11.5. The number of Topliss-reactive ketones (excluding diaryl/α,β-unsaturated/α-hetero) is 2. The Morgan fingerprint density at radius 1 is 0.618 bits per heavy atom. The van der Waals surface area contributed by atoms with Gasteiger partial charge in [0.2, 0.25) is 0 Å². The molecule has 0 N–H and O–H groups in total. The summed E-state index contributed by atoms with van der Waals surface area (Å²) in [7, 11) is 0. The van der Waals surface area contributed by atoms with Crippen LogP contribution in [0.1, 0.15) is 26.3 Å². The van der Waals surface area contributed by atoms with Gasteiger partial charge in [0.15, 0.2) is 0 Å². The zero-order chi connectivity index (χ0) is 23.4. The van der Waals surface area contributed by atoms with Crippen molar-refractivity contribution in [2.24, 2.45) is 0 Å². The first-order chi connectivity index (χ1) is 16.5. The Balaban J connectivity index is 1.41. The van der Waals surface area contributed by atoms with Crippen molar-refractivity contribution >= 4 is 56.8 Å². The molecule has 2 aliphatic rings. The Morgan fingerprint density at radius 3 is 1.62 bits per heavy atom. The van der Waals surface area contributed by atoms with Crippen molar-refractivity contribution in [3.05, 3.63) is 119 Å². The van der Waals surface area contributed by atoms with Gasteiger partial charge in [-0.3, -0.25) is 0 Å². The van der Waals surface area contributed by atoms with Crippen LogP contribution in [-0.4, -0.2) is 24.8 Å². The average molecular weight is 502 g/mol. The predicted octanol–water partition coefficient (Wildman–Crippen LogP) is 5.76. The molecule has 3 nitrogen and oxygen atoms in total. The quantitative estimate of drug-likeness (QED) is 0.199. The SMILES string of the molecule is [CH3][Ge]1([CH3])[c]2ccccc2N(c2ccc(C=C3C(=O)c4ccccc4C3=O)cc2)c2cccc[c]21. The number of fused-ring (bicyclic) bond motifs is 3. The molecule has 0 amide bonds. The number of carbonyl (C=O) groups is 2. The van der Waals surface area contributed by atoms with E-state index in [1.165, 1.54) is 20.2 Å². The van der Waals surface area contributed by atoms with Crippen LogP contribution in [0.15, 0.2) is 103 Å². The molecule has 0 fully saturated rings. The number of benzene rings is 4. The second-order valence-corrected chi connectivity index (χ2v) is 18.4. The van der Waals surface area contributed by atoms with Crippen molar-refractivity contribution in [3.63, 3.8) is 0 Å². The van der Waals surface area contributed by atoms with E-state index in [-0.39, 0.29) is 17.1 Å². The summed E-state index contributed by atoms with van der Waals surface area (Å²) in [6.07, 6.45) is 1.71. The van der Waals surface area contributed by atoms with Crippen molar-refractivity contribution in [2.45, 2.75) is 11.5 Å². The summed E-state index contributed by atoms with van der Waals surface area (Å²) in [5.74, 6) is 4.52. The maximum atomic E-state index is 12.8. The van der Waals surface area contributed by atoms with Crippen molar-refractivity contribution in [1.29, 1.82) is 0 Å². The van der Waals surface area contributed by atoms with Crippen LogP contribution in [0.5, 0.6) is 0 Å². The molecule has 0 saturated carbocycles. The first kappa shape index (κ1) is 20.9. The van der Waals surface area contributed by atoms with Gasteiger partial charge >= 0.3 is 190 Å². The van der Waals surface area contributed by atoms with Crippen LogP contribution in [-0.2, 0) is 0 Å². The number of allylic oxidation sites excluding steroid dienone is 1. The molecule has 34 heavy (non-hydrogen) atoms. The summed E-state index contributed by atoms with van der Waals surface area (Å²) in [6.45, 7) is 0. The second kappa shape index (κ2) is 7.67. The summed E-state index contributed by atoms with van der Waals surface area (Å²) < 4.78 is 2.93. The van der Waals surface area contributed by atoms with Gasteiger partial charge in [0, 0.05) is 0 Å². The third-order valence-corrected chi connectivity index (χ3v) is 14.4. The van der Waals surface area contributed by atoms with Crippen molar-refractivity contribution in [2.75, 3.05) is 4.90 Å². The minimum atomic E-state index is -2.41. The normalized spacial score (nSPS) is 15.6. The van der Waals surface area contributed by atoms with Crippen LogP contribution in [0.2, 0.25) is 11.5 Å². The average Bonchev–Trinajstić information content (AvgIpc) is 3.10. The number of nitrogens with zero attached hydrogens (tertiary/aromatic N) is 1. The monoisotopic (exact) mass is 503 g/mol. The van der Waals surface area contributed by atoms with E-state index in [9.17, 15) is 9.59 Å². The van der Waals surface area contributed by atoms with E-state index in [0.29, 0.717) is 11.1 Å². The molecule has 1 aliphatic carbocycles. The number of rotatable bonds is 2.